The third kappa shape index (κ3) is 6.17. The van der Waals surface area contributed by atoms with Gasteiger partial charge < -0.3 is 19.7 Å². The van der Waals surface area contributed by atoms with Gasteiger partial charge in [0.1, 0.15) is 17.5 Å². The Morgan fingerprint density at radius 1 is 1.06 bits per heavy atom. The molecule has 1 atom stereocenters. The summed E-state index contributed by atoms with van der Waals surface area (Å²) >= 11 is 1.33. The molecule has 184 valence electrons. The molecule has 0 saturated carbocycles. The first kappa shape index (κ1) is 24.7. The number of hydrogen-bond donors (Lipinski definition) is 2. The highest BCUT2D eigenvalue weighted by atomic mass is 32.1. The van der Waals surface area contributed by atoms with E-state index in [1.165, 1.54) is 11.3 Å². The number of ether oxygens (including phenoxy) is 2. The van der Waals surface area contributed by atoms with Crippen LogP contribution in [-0.2, 0) is 9.59 Å². The minimum Gasteiger partial charge on any atom is -0.497 e. The van der Waals surface area contributed by atoms with E-state index in [9.17, 15) is 9.59 Å². The van der Waals surface area contributed by atoms with E-state index in [-0.39, 0.29) is 18.4 Å². The number of anilines is 1. The number of rotatable bonds is 9. The zero-order valence-corrected chi connectivity index (χ0v) is 20.8. The average molecular weight is 495 g/mol. The quantitative estimate of drug-likeness (QED) is 0.465. The number of aromatic nitrogens is 1. The molecule has 0 radical (unpaired) electrons. The third-order valence-electron chi connectivity index (χ3n) is 5.95. The SMILES string of the molecule is COc1ccc(-c2csc(NC(=O)CNC(C(=O)N3CCCCC3)c3ccccc3)n2)c(OC)c1. The molecular formula is C26H30N4O4S. The zero-order valence-electron chi connectivity index (χ0n) is 20.0. The minimum atomic E-state index is -0.574. The molecule has 0 bridgehead atoms. The number of hydrogen-bond acceptors (Lipinski definition) is 7. The molecule has 0 spiro atoms. The first-order valence-electron chi connectivity index (χ1n) is 11.6. The molecule has 2 heterocycles. The number of nitrogens with one attached hydrogen (secondary N) is 2. The van der Waals surface area contributed by atoms with Crippen LogP contribution in [0.1, 0.15) is 30.9 Å². The number of thiazole rings is 1. The van der Waals surface area contributed by atoms with Gasteiger partial charge >= 0.3 is 0 Å². The van der Waals surface area contributed by atoms with Crippen LogP contribution in [0.25, 0.3) is 11.3 Å². The van der Waals surface area contributed by atoms with E-state index in [1.807, 2.05) is 52.7 Å². The fourth-order valence-corrected chi connectivity index (χ4v) is 4.84. The van der Waals surface area contributed by atoms with E-state index in [0.29, 0.717) is 22.3 Å². The number of nitrogens with zero attached hydrogens (tertiary/aromatic N) is 2. The van der Waals surface area contributed by atoms with Crippen molar-refractivity contribution in [3.8, 4) is 22.8 Å². The number of benzene rings is 2. The molecule has 8 nitrogen and oxygen atoms in total. The fourth-order valence-electron chi connectivity index (χ4n) is 4.11. The third-order valence-corrected chi connectivity index (χ3v) is 6.71. The highest BCUT2D eigenvalue weighted by Crippen LogP contribution is 2.34. The van der Waals surface area contributed by atoms with Crippen LogP contribution in [0.3, 0.4) is 0 Å². The Morgan fingerprint density at radius 2 is 1.83 bits per heavy atom. The summed E-state index contributed by atoms with van der Waals surface area (Å²) in [6.45, 7) is 1.50. The molecule has 35 heavy (non-hydrogen) atoms. The molecule has 2 amide bonds. The van der Waals surface area contributed by atoms with Crippen LogP contribution in [0, 0.1) is 0 Å². The van der Waals surface area contributed by atoms with Crippen LogP contribution in [0.15, 0.2) is 53.9 Å². The standard InChI is InChI=1S/C26H30N4O4S/c1-33-19-11-12-20(22(15-19)34-2)21-17-35-26(28-21)29-23(31)16-27-24(18-9-5-3-6-10-18)25(32)30-13-7-4-8-14-30/h3,5-6,9-12,15,17,24,27H,4,7-8,13-14,16H2,1-2H3,(H,28,29,31). The van der Waals surface area contributed by atoms with Gasteiger partial charge in [0.25, 0.3) is 0 Å². The lowest BCUT2D eigenvalue weighted by atomic mass is 10.0. The molecule has 1 saturated heterocycles. The lowest BCUT2D eigenvalue weighted by molar-refractivity contribution is -0.134. The fraction of sp³-hybridized carbons (Fsp3) is 0.346. The van der Waals surface area contributed by atoms with Crippen molar-refractivity contribution in [2.24, 2.45) is 0 Å². The van der Waals surface area contributed by atoms with E-state index >= 15 is 0 Å². The van der Waals surface area contributed by atoms with Crippen molar-refractivity contribution in [1.82, 2.24) is 15.2 Å². The Kier molecular flexibility index (Phi) is 8.33. The van der Waals surface area contributed by atoms with Gasteiger partial charge in [-0.3, -0.25) is 14.9 Å². The predicted molar refractivity (Wildman–Crippen MR) is 137 cm³/mol. The van der Waals surface area contributed by atoms with Gasteiger partial charge in [0, 0.05) is 30.1 Å². The van der Waals surface area contributed by atoms with Gasteiger partial charge in [0.2, 0.25) is 11.8 Å². The largest absolute Gasteiger partial charge is 0.497 e. The number of methoxy groups -OCH3 is 2. The molecule has 0 aliphatic carbocycles. The molecule has 1 unspecified atom stereocenters. The molecule has 1 aromatic heterocycles. The maximum absolute atomic E-state index is 13.2. The van der Waals surface area contributed by atoms with Crippen molar-refractivity contribution in [2.75, 3.05) is 39.2 Å². The molecule has 1 fully saturated rings. The van der Waals surface area contributed by atoms with Gasteiger partial charge in [0.05, 0.1) is 26.5 Å². The highest BCUT2D eigenvalue weighted by Gasteiger charge is 2.27. The number of likely N-dealkylation sites (tertiary alicyclic amines) is 1. The van der Waals surface area contributed by atoms with Gasteiger partial charge in [-0.2, -0.15) is 0 Å². The van der Waals surface area contributed by atoms with E-state index in [4.69, 9.17) is 9.47 Å². The van der Waals surface area contributed by atoms with E-state index in [1.54, 1.807) is 20.3 Å². The topological polar surface area (TPSA) is 92.8 Å². The Morgan fingerprint density at radius 3 is 2.54 bits per heavy atom. The summed E-state index contributed by atoms with van der Waals surface area (Å²) in [4.78, 5) is 32.4. The summed E-state index contributed by atoms with van der Waals surface area (Å²) in [7, 11) is 3.19. The Bertz CT molecular complexity index is 1150. The summed E-state index contributed by atoms with van der Waals surface area (Å²) in [5, 5.41) is 8.33. The summed E-state index contributed by atoms with van der Waals surface area (Å²) in [6.07, 6.45) is 3.17. The summed E-state index contributed by atoms with van der Waals surface area (Å²) in [5.74, 6) is 1.07. The number of amides is 2. The van der Waals surface area contributed by atoms with Crippen molar-refractivity contribution in [1.29, 1.82) is 0 Å². The van der Waals surface area contributed by atoms with Crippen molar-refractivity contribution in [2.45, 2.75) is 25.3 Å². The summed E-state index contributed by atoms with van der Waals surface area (Å²) in [5.41, 5.74) is 2.35. The lowest BCUT2D eigenvalue weighted by Crippen LogP contribution is -2.45. The number of carbonyl (C=O) groups excluding carboxylic acids is 2. The number of carbonyl (C=O) groups is 2. The average Bonchev–Trinajstić information content (AvgIpc) is 3.37. The van der Waals surface area contributed by atoms with E-state index in [2.05, 4.69) is 15.6 Å². The van der Waals surface area contributed by atoms with Crippen molar-refractivity contribution >= 4 is 28.3 Å². The van der Waals surface area contributed by atoms with Crippen LogP contribution in [-0.4, -0.2) is 55.6 Å². The Hall–Kier alpha value is -3.43. The number of piperidine rings is 1. The van der Waals surface area contributed by atoms with Gasteiger partial charge in [-0.1, -0.05) is 30.3 Å². The van der Waals surface area contributed by atoms with Gasteiger partial charge in [-0.25, -0.2) is 4.98 Å². The van der Waals surface area contributed by atoms with Crippen molar-refractivity contribution in [3.05, 3.63) is 59.5 Å². The molecule has 3 aromatic rings. The van der Waals surface area contributed by atoms with Crippen LogP contribution in [0.2, 0.25) is 0 Å². The van der Waals surface area contributed by atoms with E-state index in [0.717, 1.165) is 43.5 Å². The predicted octanol–water partition coefficient (Wildman–Crippen LogP) is 4.11. The maximum Gasteiger partial charge on any atom is 0.244 e. The first-order chi connectivity index (χ1) is 17.1. The van der Waals surface area contributed by atoms with Gasteiger partial charge in [0.15, 0.2) is 5.13 Å². The monoisotopic (exact) mass is 494 g/mol. The second kappa shape index (κ2) is 11.8. The molecule has 1 aliphatic rings. The maximum atomic E-state index is 13.2. The molecule has 1 aliphatic heterocycles. The molecule has 9 heteroatoms. The van der Waals surface area contributed by atoms with Crippen LogP contribution in [0.5, 0.6) is 11.5 Å². The highest BCUT2D eigenvalue weighted by molar-refractivity contribution is 7.14. The molecule has 2 aromatic carbocycles. The van der Waals surface area contributed by atoms with Crippen molar-refractivity contribution in [3.63, 3.8) is 0 Å². The summed E-state index contributed by atoms with van der Waals surface area (Å²) in [6, 6.07) is 14.5. The second-order valence-electron chi connectivity index (χ2n) is 8.26. The Balaban J connectivity index is 1.41. The second-order valence-corrected chi connectivity index (χ2v) is 9.12. The van der Waals surface area contributed by atoms with Gasteiger partial charge in [-0.05, 0) is 37.0 Å². The normalized spacial score (nSPS) is 14.3. The van der Waals surface area contributed by atoms with Crippen LogP contribution in [0.4, 0.5) is 5.13 Å². The smallest absolute Gasteiger partial charge is 0.244 e. The molecule has 2 N–H and O–H groups in total. The van der Waals surface area contributed by atoms with Gasteiger partial charge in [-0.15, -0.1) is 11.3 Å². The van der Waals surface area contributed by atoms with Crippen LogP contribution >= 0.6 is 11.3 Å². The molecular weight excluding hydrogens is 464 g/mol. The summed E-state index contributed by atoms with van der Waals surface area (Å²) < 4.78 is 10.7. The van der Waals surface area contributed by atoms with Crippen molar-refractivity contribution < 1.29 is 19.1 Å². The lowest BCUT2D eigenvalue weighted by Gasteiger charge is -2.31. The Labute approximate surface area is 209 Å². The van der Waals surface area contributed by atoms with Crippen LogP contribution < -0.4 is 20.1 Å². The van der Waals surface area contributed by atoms with E-state index < -0.39 is 6.04 Å². The zero-order chi connectivity index (χ0) is 24.6. The molecule has 4 rings (SSSR count). The first-order valence-corrected chi connectivity index (χ1v) is 12.5. The minimum absolute atomic E-state index is 0.00633.